The van der Waals surface area contributed by atoms with Gasteiger partial charge < -0.3 is 5.32 Å². The van der Waals surface area contributed by atoms with Crippen molar-refractivity contribution in [2.24, 2.45) is 11.3 Å². The summed E-state index contributed by atoms with van der Waals surface area (Å²) in [4.78, 5) is 0. The number of sulfonamides is 1. The summed E-state index contributed by atoms with van der Waals surface area (Å²) in [5, 5.41) is 3.33. The van der Waals surface area contributed by atoms with Gasteiger partial charge in [-0.15, -0.1) is 0 Å². The molecule has 2 heterocycles. The van der Waals surface area contributed by atoms with E-state index in [9.17, 15) is 8.42 Å². The number of rotatable bonds is 6. The molecule has 2 aliphatic heterocycles. The van der Waals surface area contributed by atoms with Gasteiger partial charge in [0.25, 0.3) is 0 Å². The van der Waals surface area contributed by atoms with E-state index in [1.807, 2.05) is 0 Å². The molecule has 0 spiro atoms. The average Bonchev–Trinajstić information content (AvgIpc) is 2.92. The van der Waals surface area contributed by atoms with E-state index in [-0.39, 0.29) is 5.41 Å². The van der Waals surface area contributed by atoms with Crippen LogP contribution >= 0.6 is 0 Å². The number of hydrogen-bond acceptors (Lipinski definition) is 3. The largest absolute Gasteiger partial charge is 0.317 e. The van der Waals surface area contributed by atoms with E-state index in [2.05, 4.69) is 19.2 Å². The quantitative estimate of drug-likeness (QED) is 0.818. The molecular formula is C15H30N2O2S. The molecule has 4 nitrogen and oxygen atoms in total. The molecule has 0 aliphatic carbocycles. The second kappa shape index (κ2) is 6.75. The fourth-order valence-electron chi connectivity index (χ4n) is 3.57. The van der Waals surface area contributed by atoms with Crippen LogP contribution in [0.15, 0.2) is 0 Å². The van der Waals surface area contributed by atoms with Crippen molar-refractivity contribution in [2.45, 2.75) is 52.4 Å². The molecule has 20 heavy (non-hydrogen) atoms. The van der Waals surface area contributed by atoms with Gasteiger partial charge in [0.15, 0.2) is 0 Å². The van der Waals surface area contributed by atoms with E-state index >= 15 is 0 Å². The minimum Gasteiger partial charge on any atom is -0.317 e. The number of hydrogen-bond donors (Lipinski definition) is 1. The second-order valence-corrected chi connectivity index (χ2v) is 8.68. The van der Waals surface area contributed by atoms with Crippen LogP contribution in [0, 0.1) is 11.3 Å². The van der Waals surface area contributed by atoms with Gasteiger partial charge in [0.2, 0.25) is 10.0 Å². The van der Waals surface area contributed by atoms with E-state index in [0.29, 0.717) is 11.7 Å². The van der Waals surface area contributed by atoms with E-state index in [1.54, 1.807) is 4.31 Å². The third kappa shape index (κ3) is 3.74. The van der Waals surface area contributed by atoms with E-state index in [0.717, 1.165) is 64.7 Å². The lowest BCUT2D eigenvalue weighted by Crippen LogP contribution is -2.35. The molecule has 2 rings (SSSR count). The van der Waals surface area contributed by atoms with Crippen molar-refractivity contribution in [1.29, 1.82) is 0 Å². The van der Waals surface area contributed by atoms with Crippen molar-refractivity contribution < 1.29 is 8.42 Å². The molecule has 0 radical (unpaired) electrons. The van der Waals surface area contributed by atoms with Crippen molar-refractivity contribution >= 4 is 10.0 Å². The smallest absolute Gasteiger partial charge is 0.214 e. The van der Waals surface area contributed by atoms with Crippen molar-refractivity contribution in [3.8, 4) is 0 Å². The van der Waals surface area contributed by atoms with E-state index < -0.39 is 10.0 Å². The van der Waals surface area contributed by atoms with Crippen LogP contribution in [-0.2, 0) is 10.0 Å². The van der Waals surface area contributed by atoms with Crippen LogP contribution in [0.5, 0.6) is 0 Å². The summed E-state index contributed by atoms with van der Waals surface area (Å²) in [6, 6.07) is 0. The predicted octanol–water partition coefficient (Wildman–Crippen LogP) is 2.22. The number of piperidine rings is 1. The fraction of sp³-hybridized carbons (Fsp3) is 1.00. The lowest BCUT2D eigenvalue weighted by atomic mass is 9.82. The third-order valence-electron chi connectivity index (χ3n) is 5.54. The molecule has 2 aliphatic rings. The summed E-state index contributed by atoms with van der Waals surface area (Å²) >= 11 is 0. The molecule has 1 N–H and O–H groups in total. The SMILES string of the molecule is CCC1(CC)CCN(S(=O)(=O)CCC2CCNCC2)C1. The Balaban J connectivity index is 1.87. The van der Waals surface area contributed by atoms with Gasteiger partial charge in [0, 0.05) is 13.1 Å². The van der Waals surface area contributed by atoms with Gasteiger partial charge in [-0.3, -0.25) is 0 Å². The molecular weight excluding hydrogens is 272 g/mol. The molecule has 0 aromatic rings. The first-order chi connectivity index (χ1) is 9.51. The highest BCUT2D eigenvalue weighted by Gasteiger charge is 2.39. The Morgan fingerprint density at radius 2 is 1.85 bits per heavy atom. The molecule has 118 valence electrons. The Labute approximate surface area is 124 Å². The molecule has 0 unspecified atom stereocenters. The molecule has 0 aromatic carbocycles. The van der Waals surface area contributed by atoms with Gasteiger partial charge in [-0.2, -0.15) is 0 Å². The van der Waals surface area contributed by atoms with Crippen LogP contribution in [-0.4, -0.2) is 44.7 Å². The van der Waals surface area contributed by atoms with Crippen molar-refractivity contribution in [3.05, 3.63) is 0 Å². The van der Waals surface area contributed by atoms with Crippen LogP contribution in [0.25, 0.3) is 0 Å². The molecule has 0 bridgehead atoms. The second-order valence-electron chi connectivity index (χ2n) is 6.59. The zero-order chi connectivity index (χ0) is 14.6. The maximum atomic E-state index is 12.5. The molecule has 0 aromatic heterocycles. The van der Waals surface area contributed by atoms with Crippen LogP contribution in [0.4, 0.5) is 0 Å². The van der Waals surface area contributed by atoms with Gasteiger partial charge in [-0.05, 0) is 62.9 Å². The summed E-state index contributed by atoms with van der Waals surface area (Å²) in [7, 11) is -3.04. The lowest BCUT2D eigenvalue weighted by molar-refractivity contribution is 0.279. The molecule has 5 heteroatoms. The zero-order valence-electron chi connectivity index (χ0n) is 13.0. The topological polar surface area (TPSA) is 49.4 Å². The Bertz CT molecular complexity index is 398. The summed E-state index contributed by atoms with van der Waals surface area (Å²) in [5.41, 5.74) is 0.238. The maximum Gasteiger partial charge on any atom is 0.214 e. The van der Waals surface area contributed by atoms with Gasteiger partial charge in [-0.25, -0.2) is 12.7 Å². The van der Waals surface area contributed by atoms with Crippen LogP contribution in [0.3, 0.4) is 0 Å². The van der Waals surface area contributed by atoms with Crippen LogP contribution < -0.4 is 5.32 Å². The van der Waals surface area contributed by atoms with Gasteiger partial charge >= 0.3 is 0 Å². The minimum absolute atomic E-state index is 0.238. The number of nitrogens with zero attached hydrogens (tertiary/aromatic N) is 1. The standard InChI is InChI=1S/C15H30N2O2S/c1-3-15(4-2)8-11-17(13-15)20(18,19)12-7-14-5-9-16-10-6-14/h14,16H,3-13H2,1-2H3. The molecule has 0 saturated carbocycles. The number of nitrogens with one attached hydrogen (secondary N) is 1. The fourth-order valence-corrected chi connectivity index (χ4v) is 5.30. The van der Waals surface area contributed by atoms with Crippen molar-refractivity contribution in [1.82, 2.24) is 9.62 Å². The first kappa shape index (κ1) is 16.2. The van der Waals surface area contributed by atoms with Crippen LogP contribution in [0.2, 0.25) is 0 Å². The van der Waals surface area contributed by atoms with E-state index in [4.69, 9.17) is 0 Å². The third-order valence-corrected chi connectivity index (χ3v) is 7.39. The highest BCUT2D eigenvalue weighted by molar-refractivity contribution is 7.89. The predicted molar refractivity (Wildman–Crippen MR) is 83.2 cm³/mol. The van der Waals surface area contributed by atoms with Gasteiger partial charge in [-0.1, -0.05) is 13.8 Å². The highest BCUT2D eigenvalue weighted by atomic mass is 32.2. The van der Waals surface area contributed by atoms with Crippen molar-refractivity contribution in [3.63, 3.8) is 0 Å². The monoisotopic (exact) mass is 302 g/mol. The zero-order valence-corrected chi connectivity index (χ0v) is 13.8. The first-order valence-electron chi connectivity index (χ1n) is 8.20. The summed E-state index contributed by atoms with van der Waals surface area (Å²) in [6.07, 6.45) is 6.30. The Morgan fingerprint density at radius 3 is 2.40 bits per heavy atom. The Hall–Kier alpha value is -0.130. The molecule has 2 saturated heterocycles. The van der Waals surface area contributed by atoms with Crippen LogP contribution in [0.1, 0.15) is 52.4 Å². The normalized spacial score (nSPS) is 25.1. The highest BCUT2D eigenvalue weighted by Crippen LogP contribution is 2.38. The minimum atomic E-state index is -3.04. The maximum absolute atomic E-state index is 12.5. The Kier molecular flexibility index (Phi) is 5.49. The first-order valence-corrected chi connectivity index (χ1v) is 9.81. The summed E-state index contributed by atoms with van der Waals surface area (Å²) in [5.74, 6) is 0.942. The van der Waals surface area contributed by atoms with Gasteiger partial charge in [0.05, 0.1) is 5.75 Å². The summed E-state index contributed by atoms with van der Waals surface area (Å²) in [6.45, 7) is 7.94. The van der Waals surface area contributed by atoms with E-state index in [1.165, 1.54) is 0 Å². The Morgan fingerprint density at radius 1 is 1.20 bits per heavy atom. The average molecular weight is 302 g/mol. The molecule has 2 fully saturated rings. The molecule has 0 atom stereocenters. The lowest BCUT2D eigenvalue weighted by Gasteiger charge is -2.27. The van der Waals surface area contributed by atoms with Crippen molar-refractivity contribution in [2.75, 3.05) is 31.9 Å². The van der Waals surface area contributed by atoms with Gasteiger partial charge in [0.1, 0.15) is 0 Å². The molecule has 0 amide bonds. The summed E-state index contributed by atoms with van der Waals surface area (Å²) < 4.78 is 26.8.